The molecule has 0 fully saturated rings. The molecule has 1 heterocycles. The van der Waals surface area contributed by atoms with Gasteiger partial charge in [-0.15, -0.1) is 0 Å². The Morgan fingerprint density at radius 1 is 0.960 bits per heavy atom. The van der Waals surface area contributed by atoms with Crippen molar-refractivity contribution in [2.24, 2.45) is 0 Å². The highest BCUT2D eigenvalue weighted by Gasteiger charge is 2.03. The van der Waals surface area contributed by atoms with Gasteiger partial charge in [-0.05, 0) is 55.5 Å². The monoisotopic (exact) mass is 330 g/mol. The van der Waals surface area contributed by atoms with Gasteiger partial charge >= 0.3 is 0 Å². The van der Waals surface area contributed by atoms with E-state index >= 15 is 0 Å². The van der Waals surface area contributed by atoms with E-state index in [1.807, 2.05) is 61.5 Å². The molecule has 0 spiro atoms. The van der Waals surface area contributed by atoms with Crippen molar-refractivity contribution >= 4 is 11.5 Å². The van der Waals surface area contributed by atoms with Crippen molar-refractivity contribution in [3.8, 4) is 11.5 Å². The molecule has 0 saturated heterocycles. The van der Waals surface area contributed by atoms with E-state index < -0.39 is 0 Å². The van der Waals surface area contributed by atoms with Crippen molar-refractivity contribution in [2.75, 3.05) is 5.32 Å². The number of anilines is 1. The third-order valence-electron chi connectivity index (χ3n) is 3.47. The van der Waals surface area contributed by atoms with Gasteiger partial charge in [-0.2, -0.15) is 0 Å². The summed E-state index contributed by atoms with van der Waals surface area (Å²) in [5, 5.41) is 3.20. The Kier molecular flexibility index (Phi) is 5.22. The summed E-state index contributed by atoms with van der Waals surface area (Å²) in [5.74, 6) is 1.47. The molecule has 1 aromatic heterocycles. The predicted octanol–water partition coefficient (Wildman–Crippen LogP) is 5.07. The highest BCUT2D eigenvalue weighted by Crippen LogP contribution is 2.23. The summed E-state index contributed by atoms with van der Waals surface area (Å²) in [6.45, 7) is 1.85. The Bertz CT molecular complexity index is 857. The van der Waals surface area contributed by atoms with Crippen molar-refractivity contribution in [3.05, 3.63) is 96.5 Å². The Morgan fingerprint density at radius 2 is 1.68 bits per heavy atom. The van der Waals surface area contributed by atoms with Crippen molar-refractivity contribution in [3.63, 3.8) is 0 Å². The van der Waals surface area contributed by atoms with Crippen LogP contribution in [0, 0.1) is 0 Å². The molecule has 1 N–H and O–H groups in total. The quantitative estimate of drug-likeness (QED) is 0.506. The van der Waals surface area contributed by atoms with Gasteiger partial charge < -0.3 is 10.1 Å². The summed E-state index contributed by atoms with van der Waals surface area (Å²) in [4.78, 5) is 16.1. The standard InChI is InChI=1S/C21H18N2O2/c1-16(14-21(24)17-6-5-13-22-15-17)23-18-9-11-20(12-10-18)25-19-7-3-2-4-8-19/h2-15,23H,1H3/b16-14-. The molecular formula is C21H18N2O2. The predicted molar refractivity (Wildman–Crippen MR) is 98.9 cm³/mol. The second-order valence-corrected chi connectivity index (χ2v) is 5.50. The topological polar surface area (TPSA) is 51.2 Å². The molecule has 124 valence electrons. The van der Waals surface area contributed by atoms with E-state index in [-0.39, 0.29) is 5.78 Å². The molecule has 0 amide bonds. The number of ketones is 1. The number of pyridine rings is 1. The first-order valence-electron chi connectivity index (χ1n) is 7.93. The lowest BCUT2D eigenvalue weighted by Gasteiger charge is -2.09. The highest BCUT2D eigenvalue weighted by atomic mass is 16.5. The summed E-state index contributed by atoms with van der Waals surface area (Å²) in [6.07, 6.45) is 4.76. The van der Waals surface area contributed by atoms with Crippen molar-refractivity contribution in [2.45, 2.75) is 6.92 Å². The first-order chi connectivity index (χ1) is 12.2. The van der Waals surface area contributed by atoms with Crippen molar-refractivity contribution in [1.82, 2.24) is 4.98 Å². The number of nitrogens with one attached hydrogen (secondary N) is 1. The molecule has 3 aromatic rings. The van der Waals surface area contributed by atoms with Crippen LogP contribution in [0.25, 0.3) is 0 Å². The van der Waals surface area contributed by atoms with Crippen LogP contribution in [-0.2, 0) is 0 Å². The zero-order valence-corrected chi connectivity index (χ0v) is 13.8. The summed E-state index contributed by atoms with van der Waals surface area (Å²) in [6, 6.07) is 20.7. The Labute approximate surface area is 146 Å². The van der Waals surface area contributed by atoms with Gasteiger partial charge in [0.05, 0.1) is 0 Å². The summed E-state index contributed by atoms with van der Waals surface area (Å²) in [7, 11) is 0. The lowest BCUT2D eigenvalue weighted by Crippen LogP contribution is -2.01. The fraction of sp³-hybridized carbons (Fsp3) is 0.0476. The number of carbonyl (C=O) groups is 1. The van der Waals surface area contributed by atoms with Gasteiger partial charge in [0, 0.05) is 35.4 Å². The first-order valence-corrected chi connectivity index (χ1v) is 7.93. The number of rotatable bonds is 6. The second-order valence-electron chi connectivity index (χ2n) is 5.50. The zero-order chi connectivity index (χ0) is 17.5. The van der Waals surface area contributed by atoms with E-state index in [4.69, 9.17) is 4.74 Å². The van der Waals surface area contributed by atoms with Crippen molar-refractivity contribution < 1.29 is 9.53 Å². The lowest BCUT2D eigenvalue weighted by atomic mass is 10.1. The minimum atomic E-state index is -0.0814. The molecule has 0 radical (unpaired) electrons. The van der Waals surface area contributed by atoms with E-state index in [0.717, 1.165) is 22.9 Å². The minimum absolute atomic E-state index is 0.0814. The number of ether oxygens (including phenoxy) is 1. The van der Waals surface area contributed by atoms with Gasteiger partial charge in [-0.3, -0.25) is 9.78 Å². The number of hydrogen-bond acceptors (Lipinski definition) is 4. The van der Waals surface area contributed by atoms with Crippen molar-refractivity contribution in [1.29, 1.82) is 0 Å². The van der Waals surface area contributed by atoms with Gasteiger partial charge in [0.2, 0.25) is 0 Å². The van der Waals surface area contributed by atoms with E-state index in [0.29, 0.717) is 5.56 Å². The van der Waals surface area contributed by atoms with Crippen LogP contribution in [0.5, 0.6) is 11.5 Å². The van der Waals surface area contributed by atoms with Crippen LogP contribution in [0.3, 0.4) is 0 Å². The number of nitrogens with zero attached hydrogens (tertiary/aromatic N) is 1. The van der Waals surface area contributed by atoms with Gasteiger partial charge in [0.15, 0.2) is 5.78 Å². The Hall–Kier alpha value is -3.40. The molecular weight excluding hydrogens is 312 g/mol. The minimum Gasteiger partial charge on any atom is -0.457 e. The molecule has 25 heavy (non-hydrogen) atoms. The normalized spacial score (nSPS) is 11.0. The molecule has 2 aromatic carbocycles. The van der Waals surface area contributed by atoms with Crippen LogP contribution in [-0.4, -0.2) is 10.8 Å². The number of allylic oxidation sites excluding steroid dienone is 2. The van der Waals surface area contributed by atoms with E-state index in [2.05, 4.69) is 10.3 Å². The van der Waals surface area contributed by atoms with Crippen LogP contribution in [0.15, 0.2) is 90.9 Å². The van der Waals surface area contributed by atoms with Gasteiger partial charge in [-0.1, -0.05) is 18.2 Å². The lowest BCUT2D eigenvalue weighted by molar-refractivity contribution is 0.104. The number of benzene rings is 2. The fourth-order valence-electron chi connectivity index (χ4n) is 2.28. The number of para-hydroxylation sites is 1. The summed E-state index contributed by atoms with van der Waals surface area (Å²) in [5.41, 5.74) is 2.20. The highest BCUT2D eigenvalue weighted by molar-refractivity contribution is 6.04. The van der Waals surface area contributed by atoms with E-state index in [1.165, 1.54) is 0 Å². The summed E-state index contributed by atoms with van der Waals surface area (Å²) < 4.78 is 5.76. The van der Waals surface area contributed by atoms with E-state index in [1.54, 1.807) is 30.6 Å². The second kappa shape index (κ2) is 7.93. The van der Waals surface area contributed by atoms with Crippen LogP contribution < -0.4 is 10.1 Å². The maximum absolute atomic E-state index is 12.1. The molecule has 4 nitrogen and oxygen atoms in total. The third kappa shape index (κ3) is 4.78. The molecule has 0 saturated carbocycles. The smallest absolute Gasteiger partial charge is 0.189 e. The van der Waals surface area contributed by atoms with Gasteiger partial charge in [-0.25, -0.2) is 0 Å². The molecule has 0 unspecified atom stereocenters. The molecule has 3 rings (SSSR count). The van der Waals surface area contributed by atoms with Gasteiger partial charge in [0.25, 0.3) is 0 Å². The Morgan fingerprint density at radius 3 is 2.36 bits per heavy atom. The molecule has 0 bridgehead atoms. The fourth-order valence-corrected chi connectivity index (χ4v) is 2.28. The van der Waals surface area contributed by atoms with Crippen LogP contribution in [0.2, 0.25) is 0 Å². The number of aromatic nitrogens is 1. The maximum Gasteiger partial charge on any atom is 0.189 e. The largest absolute Gasteiger partial charge is 0.457 e. The molecule has 0 atom stereocenters. The molecule has 0 aliphatic carbocycles. The molecule has 0 aliphatic heterocycles. The van der Waals surface area contributed by atoms with Crippen LogP contribution in [0.4, 0.5) is 5.69 Å². The van der Waals surface area contributed by atoms with Gasteiger partial charge in [0.1, 0.15) is 11.5 Å². The average Bonchev–Trinajstić information content (AvgIpc) is 2.65. The maximum atomic E-state index is 12.1. The molecule has 4 heteroatoms. The van der Waals surface area contributed by atoms with E-state index in [9.17, 15) is 4.79 Å². The first kappa shape index (κ1) is 16.5. The molecule has 0 aliphatic rings. The van der Waals surface area contributed by atoms with Crippen LogP contribution in [0.1, 0.15) is 17.3 Å². The number of hydrogen-bond donors (Lipinski definition) is 1. The SMILES string of the molecule is C/C(=C/C(=O)c1cccnc1)Nc1ccc(Oc2ccccc2)cc1. The van der Waals surface area contributed by atoms with Crippen LogP contribution >= 0.6 is 0 Å². The average molecular weight is 330 g/mol. The zero-order valence-electron chi connectivity index (χ0n) is 13.8. The Balaban J connectivity index is 1.63. The third-order valence-corrected chi connectivity index (χ3v) is 3.47. The summed E-state index contributed by atoms with van der Waals surface area (Å²) >= 11 is 0. The number of carbonyl (C=O) groups excluding carboxylic acids is 1.